The first-order valence-electron chi connectivity index (χ1n) is 26.4. The molecule has 64 heavy (non-hydrogen) atoms. The van der Waals surface area contributed by atoms with Gasteiger partial charge < -0.3 is 0 Å². The predicted molar refractivity (Wildman–Crippen MR) is 260 cm³/mol. The first-order chi connectivity index (χ1) is 31.7. The Bertz CT molecular complexity index is 2850. The zero-order valence-electron chi connectivity index (χ0n) is 37.3. The van der Waals surface area contributed by atoms with Crippen LogP contribution in [0.1, 0.15) is 108 Å². The molecule has 5 aliphatic heterocycles. The van der Waals surface area contributed by atoms with Gasteiger partial charge in [-0.1, -0.05) is 112 Å². The molecule has 330 valence electrons. The van der Waals surface area contributed by atoms with Crippen molar-refractivity contribution in [1.29, 1.82) is 0 Å². The lowest BCUT2D eigenvalue weighted by atomic mass is 9.67. The van der Waals surface area contributed by atoms with Gasteiger partial charge in [0.1, 0.15) is 0 Å². The molecular weight excluding hydrogens is 785 g/mol. The summed E-state index contributed by atoms with van der Waals surface area (Å²) in [5.41, 5.74) is 1.59. The second-order valence-electron chi connectivity index (χ2n) is 23.0. The van der Waals surface area contributed by atoms with Crippen LogP contribution in [-0.4, -0.2) is 49.3 Å². The molecule has 9 aliphatic rings. The molecule has 4 aliphatic carbocycles. The normalized spacial score (nSPS) is 42.3. The minimum atomic E-state index is 0.219. The fourth-order valence-electron chi connectivity index (χ4n) is 17.7. The molecule has 7 aromatic rings. The van der Waals surface area contributed by atoms with Crippen molar-refractivity contribution < 1.29 is 0 Å². The molecule has 8 nitrogen and oxygen atoms in total. The minimum Gasteiger partial charge on any atom is -0.286 e. The molecule has 0 radical (unpaired) electrons. The van der Waals surface area contributed by atoms with E-state index in [2.05, 4.69) is 109 Å². The number of hydrogen-bond acceptors (Lipinski definition) is 8. The molecule has 17 atom stereocenters. The summed E-state index contributed by atoms with van der Waals surface area (Å²) in [4.78, 5) is 0. The molecule has 4 saturated carbocycles. The highest BCUT2D eigenvalue weighted by atomic mass is 15.4. The van der Waals surface area contributed by atoms with E-state index in [1.165, 1.54) is 161 Å². The molecular formula is C56H66N8. The average molecular weight is 851 g/mol. The molecule has 16 rings (SSSR count). The Morgan fingerprint density at radius 1 is 0.281 bits per heavy atom. The summed E-state index contributed by atoms with van der Waals surface area (Å²) in [5.74, 6) is 5.52. The largest absolute Gasteiger partial charge is 0.286 e. The third-order valence-electron chi connectivity index (χ3n) is 20.3. The lowest BCUT2D eigenvalue weighted by Gasteiger charge is -2.40. The molecule has 0 spiro atoms. The van der Waals surface area contributed by atoms with Gasteiger partial charge in [0, 0.05) is 0 Å². The molecule has 5 saturated heterocycles. The van der Waals surface area contributed by atoms with Crippen molar-refractivity contribution in [3.8, 4) is 0 Å². The Morgan fingerprint density at radius 3 is 1.02 bits per heavy atom. The van der Waals surface area contributed by atoms with Crippen LogP contribution >= 0.6 is 0 Å². The lowest BCUT2D eigenvalue weighted by Crippen LogP contribution is -2.61. The van der Waals surface area contributed by atoms with Crippen LogP contribution in [0.5, 0.6) is 0 Å². The highest BCUT2D eigenvalue weighted by Gasteiger charge is 2.56. The highest BCUT2D eigenvalue weighted by molar-refractivity contribution is 6.44. The highest BCUT2D eigenvalue weighted by Crippen LogP contribution is 2.54. The van der Waals surface area contributed by atoms with Gasteiger partial charge in [0.05, 0.1) is 49.3 Å². The molecule has 8 N–H and O–H groups in total. The van der Waals surface area contributed by atoms with Crippen LogP contribution in [0.4, 0.5) is 0 Å². The molecule has 8 heteroatoms. The van der Waals surface area contributed by atoms with E-state index in [4.69, 9.17) is 0 Å². The summed E-state index contributed by atoms with van der Waals surface area (Å²) in [6.45, 7) is 0. The number of nitrogens with one attached hydrogen (secondary N) is 8. The summed E-state index contributed by atoms with van der Waals surface area (Å²) < 4.78 is 0. The monoisotopic (exact) mass is 851 g/mol. The maximum atomic E-state index is 4.52. The Balaban J connectivity index is 0.840. The fourth-order valence-corrected chi connectivity index (χ4v) is 17.7. The zero-order valence-corrected chi connectivity index (χ0v) is 37.3. The second kappa shape index (κ2) is 14.1. The molecule has 9 fully saturated rings. The molecule has 8 bridgehead atoms. The van der Waals surface area contributed by atoms with Gasteiger partial charge in [0.2, 0.25) is 0 Å². The van der Waals surface area contributed by atoms with Crippen molar-refractivity contribution in [2.75, 3.05) is 0 Å². The van der Waals surface area contributed by atoms with Crippen molar-refractivity contribution in [3.63, 3.8) is 0 Å². The summed E-state index contributed by atoms with van der Waals surface area (Å²) in [6, 6.07) is 26.8. The van der Waals surface area contributed by atoms with E-state index >= 15 is 0 Å². The van der Waals surface area contributed by atoms with E-state index in [1.54, 1.807) is 5.56 Å². The van der Waals surface area contributed by atoms with Crippen molar-refractivity contribution in [3.05, 3.63) is 72.3 Å². The van der Waals surface area contributed by atoms with Gasteiger partial charge in [-0.2, -0.15) is 0 Å². The summed E-state index contributed by atoms with van der Waals surface area (Å²) in [6.07, 6.45) is 22.5. The predicted octanol–water partition coefficient (Wildman–Crippen LogP) is 9.23. The van der Waals surface area contributed by atoms with Crippen molar-refractivity contribution in [2.45, 2.75) is 152 Å². The van der Waals surface area contributed by atoms with Gasteiger partial charge in [0.25, 0.3) is 0 Å². The average Bonchev–Trinajstić information content (AvgIpc) is 4.09. The standard InChI is InChI=1S/C56H66N8/c1-2-9-35-34(8-1)49-57-50(35)59-52-38-12-5-6-13-39(38)54(61-52)63-56-47-32(14-7-15-40(47)55(64-56)62-53-37-11-4-3-10-36(37)51(58-49)60-53)41-26-31-23-22-29-19-17-27-16-18-28-20-21-30-24-25-33(41)48-45(30)43(28)42(27)44(29)46(31)48/h16-26,32,34-40,47,49-64H,1-15H2. The van der Waals surface area contributed by atoms with Crippen LogP contribution in [0.25, 0.3) is 64.6 Å². The fraction of sp³-hybridized carbons (Fsp3) is 0.571. The Kier molecular flexibility index (Phi) is 8.26. The van der Waals surface area contributed by atoms with E-state index in [0.717, 1.165) is 0 Å². The van der Waals surface area contributed by atoms with Gasteiger partial charge in [-0.3, -0.25) is 42.5 Å². The van der Waals surface area contributed by atoms with Crippen LogP contribution < -0.4 is 42.5 Å². The molecule has 7 aromatic carbocycles. The molecule has 17 unspecified atom stereocenters. The SMILES string of the molecule is c1cc2ccc3ccc4c(C5CCCC6C7NC8NC(NC9NC(NC%10NC(NC(N7)C56)C5CCCCC%105)C5CCCCC95)C5CCCCC85)cc5ccc6ccc1c1c2c3c4c5c61. The quantitative estimate of drug-likeness (QED) is 0.0613. The van der Waals surface area contributed by atoms with Crippen LogP contribution in [0.15, 0.2) is 66.7 Å². The summed E-state index contributed by atoms with van der Waals surface area (Å²) in [5, 5.41) is 52.4. The van der Waals surface area contributed by atoms with E-state index in [1.807, 2.05) is 0 Å². The van der Waals surface area contributed by atoms with E-state index in [0.29, 0.717) is 90.3 Å². The summed E-state index contributed by atoms with van der Waals surface area (Å²) >= 11 is 0. The Hall–Kier alpha value is -3.44. The van der Waals surface area contributed by atoms with Gasteiger partial charge in [-0.15, -0.1) is 0 Å². The lowest BCUT2D eigenvalue weighted by molar-refractivity contribution is 0.156. The third-order valence-corrected chi connectivity index (χ3v) is 20.3. The molecule has 0 aromatic heterocycles. The molecule has 5 heterocycles. The van der Waals surface area contributed by atoms with Gasteiger partial charge in [0.15, 0.2) is 0 Å². The van der Waals surface area contributed by atoms with Gasteiger partial charge in [-0.05, 0) is 175 Å². The molecule has 0 amide bonds. The van der Waals surface area contributed by atoms with Crippen LogP contribution in [-0.2, 0) is 0 Å². The van der Waals surface area contributed by atoms with Crippen LogP contribution in [0, 0.1) is 47.3 Å². The number of fused-ring (bicyclic) bond motifs is 20. The maximum absolute atomic E-state index is 4.52. The second-order valence-corrected chi connectivity index (χ2v) is 23.0. The van der Waals surface area contributed by atoms with E-state index in [-0.39, 0.29) is 12.3 Å². The van der Waals surface area contributed by atoms with E-state index in [9.17, 15) is 0 Å². The van der Waals surface area contributed by atoms with Crippen molar-refractivity contribution in [2.24, 2.45) is 47.3 Å². The number of rotatable bonds is 1. The number of hydrogen-bond donors (Lipinski definition) is 8. The first-order valence-corrected chi connectivity index (χ1v) is 26.4. The Labute approximate surface area is 376 Å². The Morgan fingerprint density at radius 2 is 0.594 bits per heavy atom. The van der Waals surface area contributed by atoms with E-state index < -0.39 is 0 Å². The van der Waals surface area contributed by atoms with Gasteiger partial charge in [-0.25, -0.2) is 0 Å². The summed E-state index contributed by atoms with van der Waals surface area (Å²) in [7, 11) is 0. The first kappa shape index (κ1) is 37.6. The van der Waals surface area contributed by atoms with Gasteiger partial charge >= 0.3 is 0 Å². The topological polar surface area (TPSA) is 96.2 Å². The van der Waals surface area contributed by atoms with Crippen molar-refractivity contribution >= 4 is 64.6 Å². The van der Waals surface area contributed by atoms with Crippen LogP contribution in [0.3, 0.4) is 0 Å². The number of benzene rings is 7. The zero-order chi connectivity index (χ0) is 41.4. The van der Waals surface area contributed by atoms with Crippen molar-refractivity contribution in [1.82, 2.24) is 42.5 Å². The van der Waals surface area contributed by atoms with Crippen LogP contribution in [0.2, 0.25) is 0 Å². The smallest absolute Gasteiger partial charge is 0.0634 e. The maximum Gasteiger partial charge on any atom is 0.0634 e. The minimum absolute atomic E-state index is 0.219. The third kappa shape index (κ3) is 5.23.